The average Bonchev–Trinajstić information content (AvgIpc) is 2.30. The van der Waals surface area contributed by atoms with Crippen LogP contribution in [0.5, 0.6) is 0 Å². The molecule has 1 aromatic rings. The van der Waals surface area contributed by atoms with Crippen LogP contribution in [0.2, 0.25) is 0 Å². The van der Waals surface area contributed by atoms with Gasteiger partial charge in [-0.05, 0) is 50.8 Å². The van der Waals surface area contributed by atoms with Gasteiger partial charge in [-0.2, -0.15) is 5.26 Å². The summed E-state index contributed by atoms with van der Waals surface area (Å²) in [7, 11) is 1.40. The van der Waals surface area contributed by atoms with Crippen molar-refractivity contribution in [1.29, 1.82) is 5.26 Å². The fraction of sp³-hybridized carbons (Fsp3) is 0.250. The van der Waals surface area contributed by atoms with E-state index in [0.29, 0.717) is 24.8 Å². The van der Waals surface area contributed by atoms with Crippen molar-refractivity contribution in [3.8, 4) is 17.2 Å². The summed E-state index contributed by atoms with van der Waals surface area (Å²) in [6.45, 7) is 0. The normalized spacial score (nSPS) is 9.06. The predicted molar refractivity (Wildman–Crippen MR) is 73.4 cm³/mol. The lowest BCUT2D eigenvalue weighted by Gasteiger charge is -2.01. The van der Waals surface area contributed by atoms with Crippen molar-refractivity contribution in [2.45, 2.75) is 19.3 Å². The van der Waals surface area contributed by atoms with Crippen LogP contribution in [0.4, 0.5) is 4.39 Å². The van der Waals surface area contributed by atoms with Crippen LogP contribution in [0.15, 0.2) is 18.2 Å². The van der Waals surface area contributed by atoms with Crippen LogP contribution in [0.25, 0.3) is 0 Å². The Hall–Kier alpha value is -0.720. The third-order valence-electron chi connectivity index (χ3n) is 2.01. The number of nitriles is 1. The number of benzene rings is 1. The topological polar surface area (TPSA) is 23.8 Å². The molecule has 0 unspecified atom stereocenters. The van der Waals surface area contributed by atoms with Crippen LogP contribution in [0.3, 0.4) is 0 Å². The van der Waals surface area contributed by atoms with E-state index in [9.17, 15) is 4.39 Å². The molecule has 0 amide bonds. The van der Waals surface area contributed by atoms with E-state index < -0.39 is 0 Å². The standard InChI is InChI=1S/C12H9FINS/c13-12-5-4-10(6-8-16-14)9-11(12)3-1-2-7-15/h4-5,9H,1-3H2. The fourth-order valence-corrected chi connectivity index (χ4v) is 1.77. The highest BCUT2D eigenvalue weighted by atomic mass is 127. The summed E-state index contributed by atoms with van der Waals surface area (Å²) in [6, 6.07) is 6.91. The Bertz CT molecular complexity index is 456. The highest BCUT2D eigenvalue weighted by molar-refractivity contribution is 14.2. The van der Waals surface area contributed by atoms with E-state index in [1.807, 2.05) is 0 Å². The molecule has 0 aliphatic heterocycles. The lowest BCUT2D eigenvalue weighted by atomic mass is 10.1. The molecule has 0 bridgehead atoms. The Labute approximate surface area is 111 Å². The maximum Gasteiger partial charge on any atom is 0.126 e. The van der Waals surface area contributed by atoms with Gasteiger partial charge in [-0.3, -0.25) is 0 Å². The van der Waals surface area contributed by atoms with E-state index in [1.54, 1.807) is 12.1 Å². The molecule has 4 heteroatoms. The highest BCUT2D eigenvalue weighted by Gasteiger charge is 2.02. The largest absolute Gasteiger partial charge is 0.207 e. The summed E-state index contributed by atoms with van der Waals surface area (Å²) in [5.41, 5.74) is 1.46. The molecule has 0 aliphatic rings. The number of rotatable bonds is 3. The molecular formula is C12H9FINS. The summed E-state index contributed by atoms with van der Waals surface area (Å²) >= 11 is 2.09. The molecule has 0 N–H and O–H groups in total. The number of hydrogen-bond donors (Lipinski definition) is 0. The fourth-order valence-electron chi connectivity index (χ4n) is 1.28. The third-order valence-corrected chi connectivity index (χ3v) is 2.85. The van der Waals surface area contributed by atoms with E-state index in [2.05, 4.69) is 38.4 Å². The minimum atomic E-state index is -0.217. The van der Waals surface area contributed by atoms with Crippen molar-refractivity contribution in [2.75, 3.05) is 0 Å². The molecule has 82 valence electrons. The molecule has 0 aromatic heterocycles. The zero-order valence-corrected chi connectivity index (χ0v) is 11.4. The molecule has 0 atom stereocenters. The van der Waals surface area contributed by atoms with Crippen molar-refractivity contribution in [3.05, 3.63) is 35.1 Å². The summed E-state index contributed by atoms with van der Waals surface area (Å²) < 4.78 is 13.4. The smallest absolute Gasteiger partial charge is 0.126 e. The summed E-state index contributed by atoms with van der Waals surface area (Å²) in [5, 5.41) is 11.3. The number of unbranched alkanes of at least 4 members (excludes halogenated alkanes) is 1. The van der Waals surface area contributed by atoms with Gasteiger partial charge in [0.05, 0.1) is 6.07 Å². The van der Waals surface area contributed by atoms with Gasteiger partial charge in [0.15, 0.2) is 0 Å². The van der Waals surface area contributed by atoms with Crippen LogP contribution >= 0.6 is 30.1 Å². The molecule has 0 saturated carbocycles. The lowest BCUT2D eigenvalue weighted by molar-refractivity contribution is 0.605. The van der Waals surface area contributed by atoms with Crippen LogP contribution in [0.1, 0.15) is 24.0 Å². The highest BCUT2D eigenvalue weighted by Crippen LogP contribution is 2.14. The zero-order chi connectivity index (χ0) is 11.8. The van der Waals surface area contributed by atoms with Crippen LogP contribution in [-0.2, 0) is 6.42 Å². The maximum absolute atomic E-state index is 13.4. The molecule has 1 aromatic carbocycles. The van der Waals surface area contributed by atoms with Crippen molar-refractivity contribution in [1.82, 2.24) is 0 Å². The van der Waals surface area contributed by atoms with Gasteiger partial charge < -0.3 is 0 Å². The first-order chi connectivity index (χ1) is 7.77. The first kappa shape index (κ1) is 13.3. The number of halogens is 2. The summed E-state index contributed by atoms with van der Waals surface area (Å²) in [6.07, 6.45) is 1.73. The third kappa shape index (κ3) is 4.42. The molecule has 1 rings (SSSR count). The van der Waals surface area contributed by atoms with Crippen molar-refractivity contribution in [2.24, 2.45) is 0 Å². The Morgan fingerprint density at radius 3 is 2.94 bits per heavy atom. The van der Waals surface area contributed by atoms with E-state index in [-0.39, 0.29) is 5.82 Å². The van der Waals surface area contributed by atoms with Gasteiger partial charge in [0.2, 0.25) is 0 Å². The molecule has 0 heterocycles. The van der Waals surface area contributed by atoms with Crippen LogP contribution < -0.4 is 0 Å². The van der Waals surface area contributed by atoms with E-state index in [0.717, 1.165) is 5.56 Å². The van der Waals surface area contributed by atoms with E-state index in [4.69, 9.17) is 5.26 Å². The van der Waals surface area contributed by atoms with Gasteiger partial charge in [-0.15, -0.1) is 0 Å². The second-order valence-electron chi connectivity index (χ2n) is 3.12. The number of hydrogen-bond acceptors (Lipinski definition) is 2. The SMILES string of the molecule is N#CCCCc1cc(C#CSI)ccc1F. The Balaban J connectivity index is 2.78. The molecular weight excluding hydrogens is 336 g/mol. The molecule has 1 nitrogen and oxygen atoms in total. The molecule has 0 radical (unpaired) electrons. The van der Waals surface area contributed by atoms with Crippen molar-refractivity contribution in [3.63, 3.8) is 0 Å². The number of aryl methyl sites for hydroxylation is 1. The molecule has 0 fully saturated rings. The first-order valence-corrected chi connectivity index (χ1v) is 8.08. The van der Waals surface area contributed by atoms with Gasteiger partial charge in [0.25, 0.3) is 0 Å². The number of nitrogens with zero attached hydrogens (tertiary/aromatic N) is 1. The minimum Gasteiger partial charge on any atom is -0.207 e. The summed E-state index contributed by atoms with van der Waals surface area (Å²) in [5.74, 6) is 2.71. The van der Waals surface area contributed by atoms with Gasteiger partial charge in [-0.1, -0.05) is 5.92 Å². The zero-order valence-electron chi connectivity index (χ0n) is 8.46. The monoisotopic (exact) mass is 345 g/mol. The quantitative estimate of drug-likeness (QED) is 0.469. The van der Waals surface area contributed by atoms with E-state index >= 15 is 0 Å². The molecule has 0 saturated heterocycles. The Kier molecular flexibility index (Phi) is 6.29. The Morgan fingerprint density at radius 1 is 1.44 bits per heavy atom. The van der Waals surface area contributed by atoms with Crippen molar-refractivity contribution >= 4 is 30.1 Å². The van der Waals surface area contributed by atoms with Gasteiger partial charge in [-0.25, -0.2) is 4.39 Å². The average molecular weight is 345 g/mol. The molecule has 16 heavy (non-hydrogen) atoms. The van der Waals surface area contributed by atoms with Gasteiger partial charge >= 0.3 is 0 Å². The maximum atomic E-state index is 13.4. The van der Waals surface area contributed by atoms with E-state index in [1.165, 1.54) is 15.0 Å². The van der Waals surface area contributed by atoms with Crippen LogP contribution in [0, 0.1) is 28.3 Å². The van der Waals surface area contributed by atoms with Crippen LogP contribution in [-0.4, -0.2) is 0 Å². The summed E-state index contributed by atoms with van der Waals surface area (Å²) in [4.78, 5) is 0. The second kappa shape index (κ2) is 7.54. The first-order valence-electron chi connectivity index (χ1n) is 4.72. The second-order valence-corrected chi connectivity index (χ2v) is 4.80. The molecule has 0 aliphatic carbocycles. The lowest BCUT2D eigenvalue weighted by Crippen LogP contribution is -1.91. The minimum absolute atomic E-state index is 0.217. The Morgan fingerprint density at radius 2 is 2.25 bits per heavy atom. The van der Waals surface area contributed by atoms with Gasteiger partial charge in [0, 0.05) is 33.2 Å². The van der Waals surface area contributed by atoms with Crippen molar-refractivity contribution < 1.29 is 4.39 Å². The molecule has 0 spiro atoms. The van der Waals surface area contributed by atoms with Gasteiger partial charge in [0.1, 0.15) is 5.82 Å². The predicted octanol–water partition coefficient (Wildman–Crippen LogP) is 4.06.